The van der Waals surface area contributed by atoms with Crippen LogP contribution in [0.3, 0.4) is 0 Å². The molecule has 1 aliphatic carbocycles. The summed E-state index contributed by atoms with van der Waals surface area (Å²) < 4.78 is 41.2. The van der Waals surface area contributed by atoms with Crippen LogP contribution in [-0.4, -0.2) is 24.1 Å². The largest absolute Gasteiger partial charge is 0.464 e. The van der Waals surface area contributed by atoms with Gasteiger partial charge in [-0.25, -0.2) is 0 Å². The molecule has 0 N–H and O–H groups in total. The molecule has 0 aromatic carbocycles. The summed E-state index contributed by atoms with van der Waals surface area (Å²) in [5.74, 6) is -0.313. The third-order valence-corrected chi connectivity index (χ3v) is 3.39. The molecule has 1 fully saturated rings. The molecule has 1 saturated carbocycles. The van der Waals surface area contributed by atoms with Gasteiger partial charge in [-0.15, -0.1) is 11.6 Å². The summed E-state index contributed by atoms with van der Waals surface area (Å²) in [6.07, 6.45) is -5.05. The van der Waals surface area contributed by atoms with Crippen molar-refractivity contribution in [2.75, 3.05) is 0 Å². The van der Waals surface area contributed by atoms with Crippen molar-refractivity contribution >= 4 is 18.1 Å². The Morgan fingerprint density at radius 1 is 1.53 bits per heavy atom. The molecule has 1 aliphatic rings. The van der Waals surface area contributed by atoms with Crippen LogP contribution in [-0.2, 0) is 9.53 Å². The van der Waals surface area contributed by atoms with Crippen molar-refractivity contribution in [1.82, 2.24) is 0 Å². The van der Waals surface area contributed by atoms with Crippen molar-refractivity contribution in [2.45, 2.75) is 37.9 Å². The second-order valence-electron chi connectivity index (χ2n) is 4.33. The molecule has 0 aromatic rings. The van der Waals surface area contributed by atoms with Gasteiger partial charge in [0.25, 0.3) is 6.47 Å². The Kier molecular flexibility index (Phi) is 3.24. The van der Waals surface area contributed by atoms with Crippen LogP contribution in [0.25, 0.3) is 0 Å². The van der Waals surface area contributed by atoms with Crippen molar-refractivity contribution in [3.63, 3.8) is 0 Å². The number of carbonyl (C=O) groups is 1. The maximum Gasteiger partial charge on any atom is 0.404 e. The number of carbonyl (C=O) groups excluding carboxylic acids is 1. The second kappa shape index (κ2) is 3.85. The Labute approximate surface area is 90.7 Å². The standard InChI is InChI=1S/C9H12ClF3O2/c1-8(2)5(7(8)15-4-14)3-6(10)9(11,12)13/h4-7H,3H2,1-2H3. The Balaban J connectivity index is 2.51. The van der Waals surface area contributed by atoms with Crippen LogP contribution in [0, 0.1) is 11.3 Å². The fraction of sp³-hybridized carbons (Fsp3) is 0.889. The fourth-order valence-corrected chi connectivity index (χ4v) is 2.00. The lowest BCUT2D eigenvalue weighted by Crippen LogP contribution is -2.24. The first kappa shape index (κ1) is 12.6. The van der Waals surface area contributed by atoms with E-state index in [1.165, 1.54) is 0 Å². The van der Waals surface area contributed by atoms with Crippen LogP contribution in [0.1, 0.15) is 20.3 Å². The van der Waals surface area contributed by atoms with Gasteiger partial charge in [-0.05, 0) is 6.42 Å². The molecule has 0 amide bonds. The maximum atomic E-state index is 12.2. The van der Waals surface area contributed by atoms with Gasteiger partial charge in [-0.2, -0.15) is 13.2 Å². The lowest BCUT2D eigenvalue weighted by molar-refractivity contribution is -0.134. The SMILES string of the molecule is CC1(C)C(CC(Cl)C(F)(F)F)C1OC=O. The quantitative estimate of drug-likeness (QED) is 0.562. The highest BCUT2D eigenvalue weighted by Crippen LogP contribution is 2.57. The number of halogens is 4. The van der Waals surface area contributed by atoms with E-state index in [9.17, 15) is 18.0 Å². The Bertz CT molecular complexity index is 252. The maximum absolute atomic E-state index is 12.2. The molecule has 0 aliphatic heterocycles. The molecule has 0 spiro atoms. The average Bonchev–Trinajstić information content (AvgIpc) is 2.54. The first-order chi connectivity index (χ1) is 6.71. The Morgan fingerprint density at radius 2 is 2.07 bits per heavy atom. The average molecular weight is 245 g/mol. The van der Waals surface area contributed by atoms with Gasteiger partial charge in [-0.1, -0.05) is 13.8 Å². The van der Waals surface area contributed by atoms with Crippen LogP contribution >= 0.6 is 11.6 Å². The van der Waals surface area contributed by atoms with Gasteiger partial charge in [0.05, 0.1) is 0 Å². The van der Waals surface area contributed by atoms with E-state index in [2.05, 4.69) is 4.74 Å². The first-order valence-corrected chi connectivity index (χ1v) is 4.94. The highest BCUT2D eigenvalue weighted by atomic mass is 35.5. The minimum absolute atomic E-state index is 0.212. The van der Waals surface area contributed by atoms with Crippen LogP contribution in [0.15, 0.2) is 0 Å². The van der Waals surface area contributed by atoms with Gasteiger partial charge >= 0.3 is 6.18 Å². The van der Waals surface area contributed by atoms with Crippen LogP contribution in [0.4, 0.5) is 13.2 Å². The summed E-state index contributed by atoms with van der Waals surface area (Å²) >= 11 is 5.22. The highest BCUT2D eigenvalue weighted by molar-refractivity contribution is 6.21. The first-order valence-electron chi connectivity index (χ1n) is 4.51. The predicted octanol–water partition coefficient (Wildman–Crippen LogP) is 2.74. The normalized spacial score (nSPS) is 30.8. The van der Waals surface area contributed by atoms with E-state index in [-0.39, 0.29) is 18.8 Å². The van der Waals surface area contributed by atoms with E-state index in [0.717, 1.165) is 0 Å². The monoisotopic (exact) mass is 244 g/mol. The molecule has 0 radical (unpaired) electrons. The summed E-state index contributed by atoms with van der Waals surface area (Å²) in [5, 5.41) is -1.87. The van der Waals surface area contributed by atoms with Crippen molar-refractivity contribution in [1.29, 1.82) is 0 Å². The van der Waals surface area contributed by atoms with Crippen LogP contribution in [0.2, 0.25) is 0 Å². The molecular weight excluding hydrogens is 233 g/mol. The third-order valence-electron chi connectivity index (χ3n) is 2.96. The van der Waals surface area contributed by atoms with Crippen molar-refractivity contribution in [2.24, 2.45) is 11.3 Å². The highest BCUT2D eigenvalue weighted by Gasteiger charge is 2.61. The second-order valence-corrected chi connectivity index (χ2v) is 4.85. The summed E-state index contributed by atoms with van der Waals surface area (Å²) in [6, 6.07) is 0. The molecular formula is C9H12ClF3O2. The van der Waals surface area contributed by atoms with Gasteiger partial charge in [0.2, 0.25) is 0 Å². The van der Waals surface area contributed by atoms with E-state index in [1.54, 1.807) is 13.8 Å². The van der Waals surface area contributed by atoms with Gasteiger partial charge in [0.15, 0.2) is 0 Å². The number of hydrogen-bond acceptors (Lipinski definition) is 2. The van der Waals surface area contributed by atoms with Crippen molar-refractivity contribution < 1.29 is 22.7 Å². The summed E-state index contributed by atoms with van der Waals surface area (Å²) in [4.78, 5) is 10.1. The Hall–Kier alpha value is -0.450. The zero-order valence-electron chi connectivity index (χ0n) is 8.34. The summed E-state index contributed by atoms with van der Waals surface area (Å²) in [6.45, 7) is 3.78. The topological polar surface area (TPSA) is 26.3 Å². The fourth-order valence-electron chi connectivity index (χ4n) is 1.81. The lowest BCUT2D eigenvalue weighted by Gasteiger charge is -2.13. The van der Waals surface area contributed by atoms with Gasteiger partial charge in [-0.3, -0.25) is 4.79 Å². The smallest absolute Gasteiger partial charge is 0.404 e. The number of rotatable bonds is 4. The third kappa shape index (κ3) is 2.56. The zero-order chi connectivity index (χ0) is 11.9. The van der Waals surface area contributed by atoms with Gasteiger partial charge in [0, 0.05) is 11.3 Å². The Morgan fingerprint density at radius 3 is 2.47 bits per heavy atom. The lowest BCUT2D eigenvalue weighted by atomic mass is 10.1. The van der Waals surface area contributed by atoms with E-state index < -0.39 is 23.1 Å². The molecule has 0 aromatic heterocycles. The van der Waals surface area contributed by atoms with E-state index in [0.29, 0.717) is 0 Å². The molecule has 15 heavy (non-hydrogen) atoms. The molecule has 0 heterocycles. The molecule has 2 nitrogen and oxygen atoms in total. The number of ether oxygens (including phenoxy) is 1. The van der Waals surface area contributed by atoms with E-state index in [4.69, 9.17) is 11.6 Å². The number of hydrogen-bond donors (Lipinski definition) is 0. The minimum Gasteiger partial charge on any atom is -0.464 e. The summed E-state index contributed by atoms with van der Waals surface area (Å²) in [7, 11) is 0. The minimum atomic E-state index is -4.40. The predicted molar refractivity (Wildman–Crippen MR) is 48.5 cm³/mol. The van der Waals surface area contributed by atoms with Crippen molar-refractivity contribution in [3.05, 3.63) is 0 Å². The zero-order valence-corrected chi connectivity index (χ0v) is 9.10. The van der Waals surface area contributed by atoms with E-state index in [1.807, 2.05) is 0 Å². The molecule has 3 atom stereocenters. The number of alkyl halides is 4. The van der Waals surface area contributed by atoms with E-state index >= 15 is 0 Å². The van der Waals surface area contributed by atoms with Crippen LogP contribution < -0.4 is 0 Å². The van der Waals surface area contributed by atoms with Crippen LogP contribution in [0.5, 0.6) is 0 Å². The van der Waals surface area contributed by atoms with Crippen molar-refractivity contribution in [3.8, 4) is 0 Å². The molecule has 6 heteroatoms. The molecule has 1 rings (SSSR count). The molecule has 0 bridgehead atoms. The molecule has 3 unspecified atom stereocenters. The van der Waals surface area contributed by atoms with Gasteiger partial charge < -0.3 is 4.74 Å². The molecule has 88 valence electrons. The molecule has 0 saturated heterocycles. The van der Waals surface area contributed by atoms with Gasteiger partial charge in [0.1, 0.15) is 11.5 Å². The summed E-state index contributed by atoms with van der Waals surface area (Å²) in [5.41, 5.74) is -0.403.